The summed E-state index contributed by atoms with van der Waals surface area (Å²) in [5.41, 5.74) is 12.7. The average molecular weight is 218 g/mol. The van der Waals surface area contributed by atoms with E-state index in [1.165, 1.54) is 5.56 Å². The van der Waals surface area contributed by atoms with Gasteiger partial charge in [-0.05, 0) is 18.5 Å². The largest absolute Gasteiger partial charge is 0.370 e. The molecule has 16 heavy (non-hydrogen) atoms. The van der Waals surface area contributed by atoms with E-state index in [1.807, 2.05) is 18.2 Å². The minimum Gasteiger partial charge on any atom is -0.370 e. The maximum Gasteiger partial charge on any atom is 0.191 e. The van der Waals surface area contributed by atoms with E-state index in [9.17, 15) is 0 Å². The molecule has 1 atom stereocenters. The summed E-state index contributed by atoms with van der Waals surface area (Å²) in [5, 5.41) is 0. The van der Waals surface area contributed by atoms with E-state index in [2.05, 4.69) is 22.0 Å². The lowest BCUT2D eigenvalue weighted by atomic mass is 10.2. The molecule has 0 aromatic heterocycles. The first-order chi connectivity index (χ1) is 7.79. The Balaban J connectivity index is 1.95. The lowest BCUT2D eigenvalue weighted by Crippen LogP contribution is -2.34. The Morgan fingerprint density at radius 2 is 2.06 bits per heavy atom. The van der Waals surface area contributed by atoms with Crippen LogP contribution in [0.3, 0.4) is 0 Å². The number of aliphatic imine (C=N–C) groups is 1. The molecule has 1 aliphatic rings. The number of benzene rings is 1. The summed E-state index contributed by atoms with van der Waals surface area (Å²) in [5.74, 6) is 0.641. The van der Waals surface area contributed by atoms with Gasteiger partial charge >= 0.3 is 0 Å². The second-order valence-corrected chi connectivity index (χ2v) is 4.08. The van der Waals surface area contributed by atoms with E-state index in [1.54, 1.807) is 0 Å². The van der Waals surface area contributed by atoms with Gasteiger partial charge in [-0.25, -0.2) is 4.99 Å². The van der Waals surface area contributed by atoms with Crippen LogP contribution in [0.25, 0.3) is 0 Å². The minimum atomic E-state index is 0.272. The van der Waals surface area contributed by atoms with Crippen LogP contribution in [-0.4, -0.2) is 30.0 Å². The first-order valence-electron chi connectivity index (χ1n) is 5.62. The van der Waals surface area contributed by atoms with Gasteiger partial charge in [0, 0.05) is 13.1 Å². The van der Waals surface area contributed by atoms with E-state index in [-0.39, 0.29) is 6.04 Å². The van der Waals surface area contributed by atoms with Gasteiger partial charge < -0.3 is 16.4 Å². The van der Waals surface area contributed by atoms with Gasteiger partial charge in [-0.1, -0.05) is 30.3 Å². The zero-order chi connectivity index (χ0) is 11.4. The van der Waals surface area contributed by atoms with Crippen LogP contribution >= 0.6 is 0 Å². The molecule has 0 spiro atoms. The zero-order valence-electron chi connectivity index (χ0n) is 9.34. The molecule has 4 nitrogen and oxygen atoms in total. The van der Waals surface area contributed by atoms with Crippen molar-refractivity contribution in [3.8, 4) is 0 Å². The molecule has 2 rings (SSSR count). The van der Waals surface area contributed by atoms with E-state index in [0.29, 0.717) is 12.5 Å². The first-order valence-corrected chi connectivity index (χ1v) is 5.62. The molecule has 0 radical (unpaired) electrons. The third-order valence-electron chi connectivity index (χ3n) is 2.79. The molecule has 0 saturated carbocycles. The van der Waals surface area contributed by atoms with Crippen LogP contribution in [-0.2, 0) is 6.54 Å². The number of nitrogens with two attached hydrogens (primary N) is 2. The molecule has 0 amide bonds. The quantitative estimate of drug-likeness (QED) is 0.775. The third kappa shape index (κ3) is 2.52. The van der Waals surface area contributed by atoms with Crippen molar-refractivity contribution in [2.45, 2.75) is 19.0 Å². The van der Waals surface area contributed by atoms with Crippen molar-refractivity contribution in [2.24, 2.45) is 16.5 Å². The van der Waals surface area contributed by atoms with Crippen molar-refractivity contribution in [3.05, 3.63) is 35.9 Å². The standard InChI is InChI=1S/C12H18N4/c13-7-6-11-9-16(12(14)15-11)8-10-4-2-1-3-5-10/h1-5,11H,6-9,13H2,(H2,14,15)/t11-/m1/s1. The minimum absolute atomic E-state index is 0.272. The van der Waals surface area contributed by atoms with Crippen LogP contribution < -0.4 is 11.5 Å². The van der Waals surface area contributed by atoms with Crippen LogP contribution in [0.1, 0.15) is 12.0 Å². The van der Waals surface area contributed by atoms with Gasteiger partial charge in [0.2, 0.25) is 0 Å². The summed E-state index contributed by atoms with van der Waals surface area (Å²) in [7, 11) is 0. The predicted octanol–water partition coefficient (Wildman–Crippen LogP) is 0.534. The Morgan fingerprint density at radius 1 is 1.31 bits per heavy atom. The second kappa shape index (κ2) is 4.99. The van der Waals surface area contributed by atoms with Crippen molar-refractivity contribution in [1.29, 1.82) is 0 Å². The topological polar surface area (TPSA) is 67.6 Å². The maximum absolute atomic E-state index is 5.88. The molecule has 4 heteroatoms. The second-order valence-electron chi connectivity index (χ2n) is 4.08. The average Bonchev–Trinajstić information content (AvgIpc) is 2.61. The van der Waals surface area contributed by atoms with Crippen LogP contribution in [0.5, 0.6) is 0 Å². The van der Waals surface area contributed by atoms with Crippen LogP contribution in [0.4, 0.5) is 0 Å². The van der Waals surface area contributed by atoms with Crippen molar-refractivity contribution >= 4 is 5.96 Å². The van der Waals surface area contributed by atoms with Gasteiger partial charge in [0.1, 0.15) is 0 Å². The Hall–Kier alpha value is -1.55. The molecule has 0 fully saturated rings. The van der Waals surface area contributed by atoms with Gasteiger partial charge in [-0.15, -0.1) is 0 Å². The van der Waals surface area contributed by atoms with Crippen molar-refractivity contribution in [1.82, 2.24) is 4.90 Å². The predicted molar refractivity (Wildman–Crippen MR) is 65.9 cm³/mol. The fourth-order valence-electron chi connectivity index (χ4n) is 1.96. The SMILES string of the molecule is NCC[C@@H]1CN(Cc2ccccc2)C(N)=N1. The summed E-state index contributed by atoms with van der Waals surface area (Å²) in [6, 6.07) is 10.6. The van der Waals surface area contributed by atoms with E-state index in [0.717, 1.165) is 19.5 Å². The smallest absolute Gasteiger partial charge is 0.191 e. The summed E-state index contributed by atoms with van der Waals surface area (Å²) >= 11 is 0. The normalized spacial score (nSPS) is 19.9. The van der Waals surface area contributed by atoms with Crippen molar-refractivity contribution in [3.63, 3.8) is 0 Å². The Kier molecular flexibility index (Phi) is 3.41. The number of rotatable bonds is 4. The molecule has 1 aromatic rings. The third-order valence-corrected chi connectivity index (χ3v) is 2.79. The van der Waals surface area contributed by atoms with Crippen LogP contribution in [0.15, 0.2) is 35.3 Å². The molecule has 0 aliphatic carbocycles. The van der Waals surface area contributed by atoms with Crippen LogP contribution in [0, 0.1) is 0 Å². The lowest BCUT2D eigenvalue weighted by molar-refractivity contribution is 0.408. The molecule has 1 heterocycles. The fraction of sp³-hybridized carbons (Fsp3) is 0.417. The van der Waals surface area contributed by atoms with Crippen molar-refractivity contribution in [2.75, 3.05) is 13.1 Å². The Labute approximate surface area is 96.0 Å². The zero-order valence-corrected chi connectivity index (χ0v) is 9.34. The highest BCUT2D eigenvalue weighted by Crippen LogP contribution is 2.13. The van der Waals surface area contributed by atoms with Gasteiger partial charge in [-0.3, -0.25) is 0 Å². The van der Waals surface area contributed by atoms with Crippen LogP contribution in [0.2, 0.25) is 0 Å². The van der Waals surface area contributed by atoms with Gasteiger partial charge in [0.05, 0.1) is 6.04 Å². The molecule has 4 N–H and O–H groups in total. The number of nitrogens with zero attached hydrogens (tertiary/aromatic N) is 2. The monoisotopic (exact) mass is 218 g/mol. The Morgan fingerprint density at radius 3 is 2.75 bits per heavy atom. The van der Waals surface area contributed by atoms with E-state index >= 15 is 0 Å². The summed E-state index contributed by atoms with van der Waals surface area (Å²) < 4.78 is 0. The summed E-state index contributed by atoms with van der Waals surface area (Å²) in [6.45, 7) is 2.38. The summed E-state index contributed by atoms with van der Waals surface area (Å²) in [4.78, 5) is 6.50. The number of hydrogen-bond donors (Lipinski definition) is 2. The van der Waals surface area contributed by atoms with Gasteiger partial charge in [-0.2, -0.15) is 0 Å². The highest BCUT2D eigenvalue weighted by atomic mass is 15.3. The highest BCUT2D eigenvalue weighted by molar-refractivity contribution is 5.80. The van der Waals surface area contributed by atoms with Gasteiger partial charge in [0.15, 0.2) is 5.96 Å². The van der Waals surface area contributed by atoms with Gasteiger partial charge in [0.25, 0.3) is 0 Å². The fourth-order valence-corrected chi connectivity index (χ4v) is 1.96. The molecule has 0 bridgehead atoms. The van der Waals surface area contributed by atoms with E-state index < -0.39 is 0 Å². The molecule has 1 aliphatic heterocycles. The molecule has 86 valence electrons. The maximum atomic E-state index is 5.88. The first kappa shape index (κ1) is 11.0. The molecular formula is C12H18N4. The molecule has 0 saturated heterocycles. The number of hydrogen-bond acceptors (Lipinski definition) is 4. The number of guanidine groups is 1. The van der Waals surface area contributed by atoms with Crippen molar-refractivity contribution < 1.29 is 0 Å². The molecular weight excluding hydrogens is 200 g/mol. The summed E-state index contributed by atoms with van der Waals surface area (Å²) in [6.07, 6.45) is 0.909. The Bertz CT molecular complexity index is 361. The molecule has 0 unspecified atom stereocenters. The lowest BCUT2D eigenvalue weighted by Gasteiger charge is -2.18. The molecule has 1 aromatic carbocycles. The highest BCUT2D eigenvalue weighted by Gasteiger charge is 2.22. The van der Waals surface area contributed by atoms with E-state index in [4.69, 9.17) is 11.5 Å².